The summed E-state index contributed by atoms with van der Waals surface area (Å²) in [4.78, 5) is 6.43. The maximum absolute atomic E-state index is 11.0. The van der Waals surface area contributed by atoms with Crippen molar-refractivity contribution in [3.05, 3.63) is 0 Å². The lowest BCUT2D eigenvalue weighted by molar-refractivity contribution is 0.190. The quantitative estimate of drug-likeness (QED) is 0.699. The van der Waals surface area contributed by atoms with E-state index in [-0.39, 0.29) is 0 Å². The van der Waals surface area contributed by atoms with Crippen LogP contribution in [0, 0.1) is 0 Å². The van der Waals surface area contributed by atoms with Crippen LogP contribution in [-0.4, -0.2) is 44.9 Å². The smallest absolute Gasteiger partial charge is 0.232 e. The first-order valence-corrected chi connectivity index (χ1v) is 7.44. The fourth-order valence-electron chi connectivity index (χ4n) is 2.20. The van der Waals surface area contributed by atoms with Crippen LogP contribution >= 0.6 is 0 Å². The average Bonchev–Trinajstić information content (AvgIpc) is 2.69. The summed E-state index contributed by atoms with van der Waals surface area (Å²) in [6.45, 7) is 1.25. The highest BCUT2D eigenvalue weighted by Crippen LogP contribution is 2.23. The third-order valence-corrected chi connectivity index (χ3v) is 3.55. The van der Waals surface area contributed by atoms with Gasteiger partial charge in [-0.3, -0.25) is 9.62 Å². The van der Waals surface area contributed by atoms with Crippen LogP contribution in [0.5, 0.6) is 0 Å². The van der Waals surface area contributed by atoms with Gasteiger partial charge in [0.25, 0.3) is 0 Å². The van der Waals surface area contributed by atoms with Crippen molar-refractivity contribution in [2.45, 2.75) is 31.7 Å². The molecular weight excluding hydrogens is 228 g/mol. The Balaban J connectivity index is 1.89. The zero-order chi connectivity index (χ0) is 11.6. The summed E-state index contributed by atoms with van der Waals surface area (Å²) in [6.07, 6.45) is 6.16. The van der Waals surface area contributed by atoms with Gasteiger partial charge in [0, 0.05) is 6.04 Å². The number of nitrogens with zero attached hydrogens (tertiary/aromatic N) is 2. The van der Waals surface area contributed by atoms with Gasteiger partial charge in [0.15, 0.2) is 0 Å². The van der Waals surface area contributed by atoms with Crippen molar-refractivity contribution >= 4 is 16.0 Å². The number of sulfonamides is 1. The maximum atomic E-state index is 11.0. The predicted octanol–water partition coefficient (Wildman–Crippen LogP) is -0.346. The summed E-state index contributed by atoms with van der Waals surface area (Å²) in [5.74, 6) is 0.358. The number of hydrogen-bond acceptors (Lipinski definition) is 5. The molecule has 92 valence electrons. The first-order chi connectivity index (χ1) is 7.54. The van der Waals surface area contributed by atoms with Gasteiger partial charge in [-0.25, -0.2) is 13.4 Å². The molecule has 1 fully saturated rings. The lowest BCUT2D eigenvalue weighted by Gasteiger charge is -2.31. The minimum atomic E-state index is -3.22. The molecule has 0 aromatic rings. The highest BCUT2D eigenvalue weighted by Gasteiger charge is 2.24. The van der Waals surface area contributed by atoms with Gasteiger partial charge in [-0.2, -0.15) is 0 Å². The van der Waals surface area contributed by atoms with E-state index in [0.29, 0.717) is 25.3 Å². The van der Waals surface area contributed by atoms with E-state index in [4.69, 9.17) is 0 Å². The molecule has 0 unspecified atom stereocenters. The Morgan fingerprint density at radius 2 is 2.12 bits per heavy atom. The molecule has 1 saturated carbocycles. The molecule has 16 heavy (non-hydrogen) atoms. The largest absolute Gasteiger partial charge is 0.343 e. The molecule has 2 aliphatic rings. The predicted molar refractivity (Wildman–Crippen MR) is 62.4 cm³/mol. The van der Waals surface area contributed by atoms with Gasteiger partial charge in [-0.05, 0) is 12.8 Å². The maximum Gasteiger partial charge on any atom is 0.232 e. The SMILES string of the molecule is CS(=O)(=O)NC1=NCN(C2CCCC2)CN1. The fourth-order valence-corrected chi connectivity index (χ4v) is 2.69. The molecule has 1 aliphatic carbocycles. The van der Waals surface area contributed by atoms with Gasteiger partial charge in [0.05, 0.1) is 19.6 Å². The van der Waals surface area contributed by atoms with Crippen molar-refractivity contribution < 1.29 is 8.42 Å². The van der Waals surface area contributed by atoms with E-state index in [1.54, 1.807) is 0 Å². The lowest BCUT2D eigenvalue weighted by Crippen LogP contribution is -2.52. The van der Waals surface area contributed by atoms with Gasteiger partial charge >= 0.3 is 0 Å². The fraction of sp³-hybridized carbons (Fsp3) is 0.889. The van der Waals surface area contributed by atoms with Crippen LogP contribution in [0.3, 0.4) is 0 Å². The number of guanidine groups is 1. The molecular formula is C9H18N4O2S. The molecule has 6 nitrogen and oxygen atoms in total. The van der Waals surface area contributed by atoms with E-state index >= 15 is 0 Å². The standard InChI is InChI=1S/C9H18N4O2S/c1-16(14,15)12-9-10-6-13(7-11-9)8-4-2-3-5-8/h8H,2-7H2,1H3,(H2,10,11,12). The summed E-state index contributed by atoms with van der Waals surface area (Å²) in [7, 11) is -3.22. The van der Waals surface area contributed by atoms with Gasteiger partial charge in [-0.1, -0.05) is 12.8 Å². The van der Waals surface area contributed by atoms with Crippen LogP contribution in [-0.2, 0) is 10.0 Å². The van der Waals surface area contributed by atoms with Crippen molar-refractivity contribution in [2.75, 3.05) is 19.6 Å². The van der Waals surface area contributed by atoms with E-state index in [1.807, 2.05) is 0 Å². The summed E-state index contributed by atoms with van der Waals surface area (Å²) < 4.78 is 24.3. The van der Waals surface area contributed by atoms with E-state index in [9.17, 15) is 8.42 Å². The molecule has 0 aromatic carbocycles. The van der Waals surface area contributed by atoms with Crippen LogP contribution in [0.25, 0.3) is 0 Å². The molecule has 0 saturated heterocycles. The van der Waals surface area contributed by atoms with E-state index < -0.39 is 10.0 Å². The first-order valence-electron chi connectivity index (χ1n) is 5.55. The number of rotatable bonds is 2. The Hall–Kier alpha value is -0.820. The second-order valence-electron chi connectivity index (χ2n) is 4.38. The van der Waals surface area contributed by atoms with Gasteiger partial charge in [-0.15, -0.1) is 0 Å². The Morgan fingerprint density at radius 1 is 1.44 bits per heavy atom. The van der Waals surface area contributed by atoms with Gasteiger partial charge in [0.1, 0.15) is 0 Å². The van der Waals surface area contributed by atoms with E-state index in [0.717, 1.165) is 6.26 Å². The topological polar surface area (TPSA) is 73.8 Å². The third kappa shape index (κ3) is 3.08. The summed E-state index contributed by atoms with van der Waals surface area (Å²) in [5.41, 5.74) is 0. The highest BCUT2D eigenvalue weighted by atomic mass is 32.2. The second-order valence-corrected chi connectivity index (χ2v) is 6.13. The molecule has 1 heterocycles. The minimum absolute atomic E-state index is 0.358. The molecule has 0 atom stereocenters. The Morgan fingerprint density at radius 3 is 2.62 bits per heavy atom. The summed E-state index contributed by atoms with van der Waals surface area (Å²) in [6, 6.07) is 0.607. The lowest BCUT2D eigenvalue weighted by atomic mass is 10.2. The Bertz CT molecular complexity index is 373. The van der Waals surface area contributed by atoms with E-state index in [2.05, 4.69) is 19.9 Å². The van der Waals surface area contributed by atoms with Crippen molar-refractivity contribution in [1.29, 1.82) is 0 Å². The van der Waals surface area contributed by atoms with E-state index in [1.165, 1.54) is 25.7 Å². The first kappa shape index (κ1) is 11.7. The molecule has 2 N–H and O–H groups in total. The van der Waals surface area contributed by atoms with Crippen molar-refractivity contribution in [2.24, 2.45) is 4.99 Å². The minimum Gasteiger partial charge on any atom is -0.343 e. The van der Waals surface area contributed by atoms with Crippen LogP contribution in [0.1, 0.15) is 25.7 Å². The summed E-state index contributed by atoms with van der Waals surface area (Å²) in [5, 5.41) is 2.99. The molecule has 7 heteroatoms. The summed E-state index contributed by atoms with van der Waals surface area (Å²) >= 11 is 0. The van der Waals surface area contributed by atoms with Gasteiger partial charge < -0.3 is 5.32 Å². The normalized spacial score (nSPS) is 23.9. The average molecular weight is 246 g/mol. The highest BCUT2D eigenvalue weighted by molar-refractivity contribution is 7.89. The Labute approximate surface area is 96.2 Å². The monoisotopic (exact) mass is 246 g/mol. The molecule has 0 amide bonds. The third-order valence-electron chi connectivity index (χ3n) is 2.98. The zero-order valence-electron chi connectivity index (χ0n) is 9.44. The molecule has 0 radical (unpaired) electrons. The zero-order valence-corrected chi connectivity index (χ0v) is 10.3. The van der Waals surface area contributed by atoms with Crippen LogP contribution in [0.15, 0.2) is 4.99 Å². The van der Waals surface area contributed by atoms with Crippen LogP contribution < -0.4 is 10.0 Å². The van der Waals surface area contributed by atoms with Crippen molar-refractivity contribution in [3.8, 4) is 0 Å². The van der Waals surface area contributed by atoms with Crippen molar-refractivity contribution in [3.63, 3.8) is 0 Å². The number of hydrogen-bond donors (Lipinski definition) is 2. The molecule has 0 spiro atoms. The van der Waals surface area contributed by atoms with Crippen molar-refractivity contribution in [1.82, 2.24) is 14.9 Å². The van der Waals surface area contributed by atoms with Crippen LogP contribution in [0.4, 0.5) is 0 Å². The number of nitrogens with one attached hydrogen (secondary N) is 2. The molecule has 1 aliphatic heterocycles. The number of aliphatic imine (C=N–C) groups is 1. The molecule has 2 rings (SSSR count). The second kappa shape index (κ2) is 4.58. The van der Waals surface area contributed by atoms with Gasteiger partial charge in [0.2, 0.25) is 16.0 Å². The Kier molecular flexibility index (Phi) is 3.34. The molecule has 0 bridgehead atoms. The van der Waals surface area contributed by atoms with Crippen LogP contribution in [0.2, 0.25) is 0 Å². The molecule has 0 aromatic heterocycles.